The number of alkyl halides is 12. The Morgan fingerprint density at radius 1 is 0.541 bits per heavy atom. The molecule has 1 radical (unpaired) electrons. The maximum atomic E-state index is 11.4. The summed E-state index contributed by atoms with van der Waals surface area (Å²) in [6, 6.07) is 22.8. The van der Waals surface area contributed by atoms with Crippen molar-refractivity contribution in [3.05, 3.63) is 72.3 Å². The second kappa shape index (κ2) is 16.6. The Labute approximate surface area is 231 Å². The number of halogens is 12. The number of aliphatic hydroxyl groups is 2. The van der Waals surface area contributed by atoms with Crippen molar-refractivity contribution < 1.29 is 95.6 Å². The van der Waals surface area contributed by atoms with E-state index in [-0.39, 0.29) is 54.0 Å². The molecule has 0 heterocycles. The minimum Gasteiger partial charge on any atom is -0.374 e. The quantitative estimate of drug-likeness (QED) is 0.228. The molecule has 0 saturated carbocycles. The van der Waals surface area contributed by atoms with Crippen LogP contribution >= 0.6 is 0 Å². The molecule has 0 saturated heterocycles. The Hall–Kier alpha value is -1.38. The molecular weight excluding hydrogens is 613 g/mol. The van der Waals surface area contributed by atoms with E-state index in [9.17, 15) is 52.7 Å². The van der Waals surface area contributed by atoms with E-state index in [0.717, 1.165) is 0 Å². The van der Waals surface area contributed by atoms with Gasteiger partial charge in [0.05, 0.1) is 0 Å². The van der Waals surface area contributed by atoms with Gasteiger partial charge in [0.1, 0.15) is 0 Å². The van der Waals surface area contributed by atoms with E-state index in [0.29, 0.717) is 0 Å². The Morgan fingerprint density at radius 2 is 0.784 bits per heavy atom. The summed E-state index contributed by atoms with van der Waals surface area (Å²) in [5.74, 6) is 0. The van der Waals surface area contributed by atoms with Crippen LogP contribution in [0.3, 0.4) is 0 Å². The molecule has 2 nitrogen and oxygen atoms in total. The number of rotatable bonds is 0. The van der Waals surface area contributed by atoms with Crippen LogP contribution in [0.1, 0.15) is 26.8 Å². The summed E-state index contributed by atoms with van der Waals surface area (Å²) in [4.78, 5) is 0. The fraction of sp³-hybridized carbons (Fsp3) is 0.455. The van der Waals surface area contributed by atoms with Crippen LogP contribution in [0.25, 0.3) is 0 Å². The van der Waals surface area contributed by atoms with Crippen LogP contribution < -0.4 is 0 Å². The molecular formula is C22H25F12O2Y-. The third kappa shape index (κ3) is 15.6. The normalized spacial score (nSPS) is 12.0. The molecule has 213 valence electrons. The number of benzene rings is 2. The largest absolute Gasteiger partial charge is 0.425 e. The third-order valence-electron chi connectivity index (χ3n) is 3.76. The van der Waals surface area contributed by atoms with Crippen molar-refractivity contribution in [2.45, 2.75) is 64.1 Å². The summed E-state index contributed by atoms with van der Waals surface area (Å²) in [5.41, 5.74) is -7.93. The number of hydrogen-bond acceptors (Lipinski definition) is 2. The maximum Gasteiger partial charge on any atom is 0.425 e. The zero-order valence-electron chi connectivity index (χ0n) is 18.8. The topological polar surface area (TPSA) is 40.5 Å². The van der Waals surface area contributed by atoms with Gasteiger partial charge in [-0.2, -0.15) is 89.1 Å². The van der Waals surface area contributed by atoms with Crippen molar-refractivity contribution in [2.75, 3.05) is 0 Å². The molecule has 0 aromatic heterocycles. The molecule has 2 aromatic carbocycles. The molecule has 0 aliphatic heterocycles. The van der Waals surface area contributed by atoms with Gasteiger partial charge in [-0.15, -0.1) is 0 Å². The molecule has 0 unspecified atom stereocenters. The second-order valence-electron chi connectivity index (χ2n) is 6.87. The fourth-order valence-electron chi connectivity index (χ4n) is 1.20. The van der Waals surface area contributed by atoms with Crippen LogP contribution in [0, 0.1) is 13.0 Å². The van der Waals surface area contributed by atoms with Crippen molar-refractivity contribution >= 4 is 0 Å². The SMILES string of the molecule is C.CC(O)(C(F)(F)F)C(F)(F)F.CC(O)(C(F)(F)F)C(F)(F)F.Cc1ccccc1.[Y].[c-]1ccccc1. The van der Waals surface area contributed by atoms with Gasteiger partial charge in [-0.1, -0.05) is 43.3 Å². The molecule has 0 atom stereocenters. The molecule has 37 heavy (non-hydrogen) atoms. The molecule has 0 aliphatic carbocycles. The van der Waals surface area contributed by atoms with Gasteiger partial charge in [0.15, 0.2) is 0 Å². The van der Waals surface area contributed by atoms with Gasteiger partial charge in [0, 0.05) is 32.7 Å². The zero-order valence-corrected chi connectivity index (χ0v) is 21.6. The van der Waals surface area contributed by atoms with Crippen LogP contribution in [-0.4, -0.2) is 46.1 Å². The van der Waals surface area contributed by atoms with Gasteiger partial charge in [-0.25, -0.2) is 0 Å². The minimum atomic E-state index is -5.69. The van der Waals surface area contributed by atoms with E-state index < -0.39 is 35.9 Å². The predicted molar refractivity (Wildman–Crippen MR) is 109 cm³/mol. The van der Waals surface area contributed by atoms with Gasteiger partial charge in [-0.05, 0) is 20.8 Å². The summed E-state index contributed by atoms with van der Waals surface area (Å²) in [6.45, 7) is 1.40. The maximum absolute atomic E-state index is 11.4. The molecule has 2 N–H and O–H groups in total. The van der Waals surface area contributed by atoms with Crippen LogP contribution in [0.5, 0.6) is 0 Å². The van der Waals surface area contributed by atoms with Crippen molar-refractivity contribution in [2.24, 2.45) is 0 Å². The average Bonchev–Trinajstić information content (AvgIpc) is 2.68. The number of aryl methyl sites for hydroxylation is 1. The standard InChI is InChI=1S/C7H8.C6H5.2C4H4F6O.CH4.Y/c1-7-5-3-2-4-6-7;1-2-4-6-5-3-1;2*1-2(11,3(5,6)7)4(8,9)10;;/h2-6H,1H3;1-5H;2*11H,1H3;1H4;/q;-1;;;;. The van der Waals surface area contributed by atoms with Gasteiger partial charge >= 0.3 is 24.7 Å². The van der Waals surface area contributed by atoms with Crippen LogP contribution in [0.4, 0.5) is 52.7 Å². The van der Waals surface area contributed by atoms with E-state index in [1.165, 1.54) is 5.56 Å². The summed E-state index contributed by atoms with van der Waals surface area (Å²) >= 11 is 0. The smallest absolute Gasteiger partial charge is 0.374 e. The predicted octanol–water partition coefficient (Wildman–Crippen LogP) is 7.84. The molecule has 0 aliphatic rings. The summed E-state index contributed by atoms with van der Waals surface area (Å²) in [5, 5.41) is 15.9. The monoisotopic (exact) mass is 638 g/mol. The average molecular weight is 638 g/mol. The molecule has 0 bridgehead atoms. The van der Waals surface area contributed by atoms with E-state index in [1.807, 2.05) is 48.5 Å². The molecule has 0 fully saturated rings. The first-order valence-corrected chi connectivity index (χ1v) is 9.04. The van der Waals surface area contributed by atoms with Crippen molar-refractivity contribution in [1.29, 1.82) is 0 Å². The molecule has 0 spiro atoms. The van der Waals surface area contributed by atoms with Crippen molar-refractivity contribution in [3.8, 4) is 0 Å². The van der Waals surface area contributed by atoms with Gasteiger partial charge in [-0.3, -0.25) is 0 Å². The van der Waals surface area contributed by atoms with Crippen LogP contribution in [0.2, 0.25) is 0 Å². The van der Waals surface area contributed by atoms with Gasteiger partial charge in [0.25, 0.3) is 11.2 Å². The first kappa shape index (κ1) is 42.7. The molecule has 2 rings (SSSR count). The first-order chi connectivity index (χ1) is 15.4. The summed E-state index contributed by atoms with van der Waals surface area (Å²) in [7, 11) is 0. The van der Waals surface area contributed by atoms with E-state index in [1.54, 1.807) is 0 Å². The third-order valence-corrected chi connectivity index (χ3v) is 3.76. The van der Waals surface area contributed by atoms with E-state index >= 15 is 0 Å². The van der Waals surface area contributed by atoms with Crippen LogP contribution in [0.15, 0.2) is 60.7 Å². The first-order valence-electron chi connectivity index (χ1n) is 9.04. The van der Waals surface area contributed by atoms with E-state index in [4.69, 9.17) is 10.2 Å². The van der Waals surface area contributed by atoms with E-state index in [2.05, 4.69) is 25.1 Å². The Balaban J connectivity index is -0.000000197. The summed E-state index contributed by atoms with van der Waals surface area (Å²) < 4.78 is 136. The fourth-order valence-corrected chi connectivity index (χ4v) is 1.20. The molecule has 0 amide bonds. The van der Waals surface area contributed by atoms with Gasteiger partial charge < -0.3 is 10.2 Å². The van der Waals surface area contributed by atoms with Crippen molar-refractivity contribution in [1.82, 2.24) is 0 Å². The Kier molecular flexibility index (Phi) is 19.1. The second-order valence-corrected chi connectivity index (χ2v) is 6.87. The van der Waals surface area contributed by atoms with Crippen molar-refractivity contribution in [3.63, 3.8) is 0 Å². The molecule has 15 heteroatoms. The zero-order chi connectivity index (χ0) is 28.4. The summed E-state index contributed by atoms with van der Waals surface area (Å²) in [6.07, 6.45) is -22.8. The Bertz CT molecular complexity index is 719. The minimum absolute atomic E-state index is 0. The van der Waals surface area contributed by atoms with Crippen LogP contribution in [-0.2, 0) is 32.7 Å². The number of hydrogen-bond donors (Lipinski definition) is 2. The Morgan fingerprint density at radius 3 is 0.865 bits per heavy atom. The van der Waals surface area contributed by atoms with Gasteiger partial charge in [0.2, 0.25) is 0 Å². The molecule has 2 aromatic rings.